The van der Waals surface area contributed by atoms with Crippen LogP contribution in [0.15, 0.2) is 24.4 Å². The second kappa shape index (κ2) is 8.35. The molecule has 2 aromatic rings. The fourth-order valence-corrected chi connectivity index (χ4v) is 2.48. The van der Waals surface area contributed by atoms with E-state index in [0.29, 0.717) is 19.0 Å². The van der Waals surface area contributed by atoms with Gasteiger partial charge in [-0.2, -0.15) is 0 Å². The van der Waals surface area contributed by atoms with Crippen molar-refractivity contribution in [2.75, 3.05) is 58.3 Å². The molecule has 0 saturated carbocycles. The number of benzene rings is 1. The summed E-state index contributed by atoms with van der Waals surface area (Å²) in [5.74, 6) is 1.10. The third-order valence-corrected chi connectivity index (χ3v) is 3.65. The zero-order chi connectivity index (χ0) is 17.5. The normalized spacial score (nSPS) is 10.5. The van der Waals surface area contributed by atoms with Gasteiger partial charge in [-0.25, -0.2) is 4.98 Å². The van der Waals surface area contributed by atoms with Crippen LogP contribution < -0.4 is 15.0 Å². The molecule has 1 aromatic carbocycles. The maximum Gasteiger partial charge on any atom is 0.325 e. The average molecular weight is 333 g/mol. The van der Waals surface area contributed by atoms with E-state index in [-0.39, 0.29) is 12.5 Å². The maximum absolute atomic E-state index is 11.6. The van der Waals surface area contributed by atoms with Gasteiger partial charge in [-0.05, 0) is 6.07 Å². The number of anilines is 2. The SMILES string of the molecule is COCCNc1cnc(N(C)CC(=O)OC)c2cccc(OC)c12. The molecule has 0 bridgehead atoms. The molecule has 1 heterocycles. The van der Waals surface area contributed by atoms with Gasteiger partial charge in [0.25, 0.3) is 0 Å². The Morgan fingerprint density at radius 3 is 2.75 bits per heavy atom. The maximum atomic E-state index is 11.6. The molecule has 0 aliphatic carbocycles. The van der Waals surface area contributed by atoms with Crippen LogP contribution in [0.3, 0.4) is 0 Å². The van der Waals surface area contributed by atoms with Gasteiger partial charge in [0.1, 0.15) is 18.1 Å². The Balaban J connectivity index is 2.47. The summed E-state index contributed by atoms with van der Waals surface area (Å²) >= 11 is 0. The van der Waals surface area contributed by atoms with Crippen LogP contribution in [0.1, 0.15) is 0 Å². The lowest BCUT2D eigenvalue weighted by atomic mass is 10.1. The lowest BCUT2D eigenvalue weighted by Crippen LogP contribution is -2.27. The summed E-state index contributed by atoms with van der Waals surface area (Å²) in [6.45, 7) is 1.36. The molecule has 0 radical (unpaired) electrons. The Bertz CT molecular complexity index is 706. The van der Waals surface area contributed by atoms with Gasteiger partial charge in [-0.1, -0.05) is 12.1 Å². The minimum atomic E-state index is -0.322. The van der Waals surface area contributed by atoms with E-state index in [2.05, 4.69) is 10.3 Å². The standard InChI is InChI=1S/C17H23N3O4/c1-20(11-15(21)24-4)17-12-6-5-7-14(23-3)16(12)13(10-19-17)18-8-9-22-2/h5-7,10,18H,8-9,11H2,1-4H3. The minimum absolute atomic E-state index is 0.117. The molecule has 1 aromatic heterocycles. The summed E-state index contributed by atoms with van der Waals surface area (Å²) in [5, 5.41) is 5.11. The number of likely N-dealkylation sites (N-methyl/N-ethyl adjacent to an activating group) is 1. The number of rotatable bonds is 8. The van der Waals surface area contributed by atoms with Crippen LogP contribution in [0.4, 0.5) is 11.5 Å². The molecule has 0 saturated heterocycles. The molecule has 24 heavy (non-hydrogen) atoms. The largest absolute Gasteiger partial charge is 0.496 e. The summed E-state index contributed by atoms with van der Waals surface area (Å²) in [6, 6.07) is 5.75. The highest BCUT2D eigenvalue weighted by atomic mass is 16.5. The zero-order valence-corrected chi connectivity index (χ0v) is 14.5. The Morgan fingerprint density at radius 1 is 1.29 bits per heavy atom. The fourth-order valence-electron chi connectivity index (χ4n) is 2.48. The van der Waals surface area contributed by atoms with Gasteiger partial charge in [0.05, 0.1) is 38.1 Å². The van der Waals surface area contributed by atoms with Crippen LogP contribution >= 0.6 is 0 Å². The summed E-state index contributed by atoms with van der Waals surface area (Å²) < 4.78 is 15.3. The van der Waals surface area contributed by atoms with Crippen molar-refractivity contribution in [3.8, 4) is 5.75 Å². The van der Waals surface area contributed by atoms with Crippen LogP contribution in [-0.4, -0.2) is 59.0 Å². The molecule has 2 rings (SSSR count). The number of methoxy groups -OCH3 is 3. The summed E-state index contributed by atoms with van der Waals surface area (Å²) in [5.41, 5.74) is 0.856. The number of nitrogens with one attached hydrogen (secondary N) is 1. The second-order valence-corrected chi connectivity index (χ2v) is 5.23. The monoisotopic (exact) mass is 333 g/mol. The second-order valence-electron chi connectivity index (χ2n) is 5.23. The quantitative estimate of drug-likeness (QED) is 0.584. The van der Waals surface area contributed by atoms with Gasteiger partial charge in [-0.3, -0.25) is 4.79 Å². The molecule has 1 N–H and O–H groups in total. The van der Waals surface area contributed by atoms with Crippen molar-refractivity contribution in [3.63, 3.8) is 0 Å². The molecule has 0 amide bonds. The van der Waals surface area contributed by atoms with Crippen molar-refractivity contribution in [3.05, 3.63) is 24.4 Å². The topological polar surface area (TPSA) is 72.9 Å². The fraction of sp³-hybridized carbons (Fsp3) is 0.412. The van der Waals surface area contributed by atoms with E-state index in [1.807, 2.05) is 18.2 Å². The first-order valence-corrected chi connectivity index (χ1v) is 7.58. The minimum Gasteiger partial charge on any atom is -0.496 e. The molecule has 0 fully saturated rings. The molecular formula is C17H23N3O4. The van der Waals surface area contributed by atoms with E-state index in [0.717, 1.165) is 22.2 Å². The van der Waals surface area contributed by atoms with Gasteiger partial charge in [0.15, 0.2) is 0 Å². The highest BCUT2D eigenvalue weighted by Crippen LogP contribution is 2.36. The number of carbonyl (C=O) groups is 1. The Morgan fingerprint density at radius 2 is 2.08 bits per heavy atom. The Kier molecular flexibility index (Phi) is 6.20. The summed E-state index contributed by atoms with van der Waals surface area (Å²) in [4.78, 5) is 17.8. The predicted octanol–water partition coefficient (Wildman–Crippen LogP) is 1.91. The summed E-state index contributed by atoms with van der Waals surface area (Å²) in [7, 11) is 6.46. The first kappa shape index (κ1) is 17.8. The van der Waals surface area contributed by atoms with Crippen molar-refractivity contribution in [2.45, 2.75) is 0 Å². The molecule has 7 nitrogen and oxygen atoms in total. The van der Waals surface area contributed by atoms with E-state index < -0.39 is 0 Å². The van der Waals surface area contributed by atoms with Crippen LogP contribution in [0.5, 0.6) is 5.75 Å². The number of ether oxygens (including phenoxy) is 3. The van der Waals surface area contributed by atoms with Gasteiger partial charge < -0.3 is 24.4 Å². The number of hydrogen-bond acceptors (Lipinski definition) is 7. The Labute approximate surface area is 141 Å². The summed E-state index contributed by atoms with van der Waals surface area (Å²) in [6.07, 6.45) is 1.74. The number of esters is 1. The Hall–Kier alpha value is -2.54. The third kappa shape index (κ3) is 3.86. The lowest BCUT2D eigenvalue weighted by molar-refractivity contribution is -0.138. The molecule has 7 heteroatoms. The van der Waals surface area contributed by atoms with Gasteiger partial charge >= 0.3 is 5.97 Å². The van der Waals surface area contributed by atoms with E-state index in [9.17, 15) is 4.79 Å². The number of nitrogens with zero attached hydrogens (tertiary/aromatic N) is 2. The molecule has 130 valence electrons. The number of pyridine rings is 1. The van der Waals surface area contributed by atoms with Crippen molar-refractivity contribution < 1.29 is 19.0 Å². The van der Waals surface area contributed by atoms with E-state index in [4.69, 9.17) is 14.2 Å². The number of aromatic nitrogens is 1. The lowest BCUT2D eigenvalue weighted by Gasteiger charge is -2.21. The number of fused-ring (bicyclic) bond motifs is 1. The highest BCUT2D eigenvalue weighted by Gasteiger charge is 2.16. The van der Waals surface area contributed by atoms with E-state index in [1.54, 1.807) is 32.4 Å². The van der Waals surface area contributed by atoms with Crippen LogP contribution in [-0.2, 0) is 14.3 Å². The van der Waals surface area contributed by atoms with Gasteiger partial charge in [0.2, 0.25) is 0 Å². The van der Waals surface area contributed by atoms with E-state index in [1.165, 1.54) is 7.11 Å². The van der Waals surface area contributed by atoms with Crippen molar-refractivity contribution in [1.82, 2.24) is 4.98 Å². The van der Waals surface area contributed by atoms with Gasteiger partial charge in [0, 0.05) is 26.1 Å². The third-order valence-electron chi connectivity index (χ3n) is 3.65. The average Bonchev–Trinajstić information content (AvgIpc) is 2.60. The first-order chi connectivity index (χ1) is 11.6. The zero-order valence-electron chi connectivity index (χ0n) is 14.5. The van der Waals surface area contributed by atoms with Crippen molar-refractivity contribution in [1.29, 1.82) is 0 Å². The smallest absolute Gasteiger partial charge is 0.325 e. The number of hydrogen-bond donors (Lipinski definition) is 1. The van der Waals surface area contributed by atoms with Crippen molar-refractivity contribution >= 4 is 28.2 Å². The van der Waals surface area contributed by atoms with Crippen LogP contribution in [0, 0.1) is 0 Å². The molecular weight excluding hydrogens is 310 g/mol. The molecule has 0 aliphatic rings. The highest BCUT2D eigenvalue weighted by molar-refractivity contribution is 6.04. The molecule has 0 spiro atoms. The first-order valence-electron chi connectivity index (χ1n) is 7.58. The van der Waals surface area contributed by atoms with Gasteiger partial charge in [-0.15, -0.1) is 0 Å². The number of carbonyl (C=O) groups excluding carboxylic acids is 1. The molecule has 0 unspecified atom stereocenters. The van der Waals surface area contributed by atoms with Crippen molar-refractivity contribution in [2.24, 2.45) is 0 Å². The van der Waals surface area contributed by atoms with Crippen LogP contribution in [0.25, 0.3) is 10.8 Å². The molecule has 0 aliphatic heterocycles. The van der Waals surface area contributed by atoms with E-state index >= 15 is 0 Å². The van der Waals surface area contributed by atoms with Crippen LogP contribution in [0.2, 0.25) is 0 Å². The molecule has 0 atom stereocenters. The predicted molar refractivity (Wildman–Crippen MR) is 93.9 cm³/mol.